The molecule has 20 heavy (non-hydrogen) atoms. The maximum atomic E-state index is 11.3. The topological polar surface area (TPSA) is 55.1 Å². The van der Waals surface area contributed by atoms with Crippen LogP contribution >= 0.6 is 11.6 Å². The number of benzene rings is 1. The van der Waals surface area contributed by atoms with Gasteiger partial charge in [-0.25, -0.2) is 4.98 Å². The zero-order valence-corrected chi connectivity index (χ0v) is 11.7. The Morgan fingerprint density at radius 1 is 1.40 bits per heavy atom. The molecule has 1 aromatic carbocycles. The summed E-state index contributed by atoms with van der Waals surface area (Å²) >= 11 is 5.88. The number of fused-ring (bicyclic) bond motifs is 1. The average Bonchev–Trinajstić information content (AvgIpc) is 2.84. The molecule has 1 aromatic heterocycles. The van der Waals surface area contributed by atoms with E-state index < -0.39 is 11.9 Å². The number of halogens is 1. The molecule has 0 radical (unpaired) electrons. The monoisotopic (exact) mass is 290 g/mol. The third-order valence-corrected chi connectivity index (χ3v) is 4.03. The standard InChI is InChI=1S/C15H15ClN2O2/c16-11-5-3-10(4-6-11)8-14-17-9-13-12(15(19)20)2-1-7-18(13)14/h3-6,9,12H,1-2,7-8H2,(H,19,20). The summed E-state index contributed by atoms with van der Waals surface area (Å²) in [6.07, 6.45) is 3.99. The molecule has 4 nitrogen and oxygen atoms in total. The van der Waals surface area contributed by atoms with Gasteiger partial charge in [-0.05, 0) is 30.5 Å². The summed E-state index contributed by atoms with van der Waals surface area (Å²) in [6, 6.07) is 7.66. The van der Waals surface area contributed by atoms with Gasteiger partial charge in [-0.3, -0.25) is 4.79 Å². The van der Waals surface area contributed by atoms with E-state index in [9.17, 15) is 9.90 Å². The van der Waals surface area contributed by atoms with E-state index in [-0.39, 0.29) is 0 Å². The molecule has 104 valence electrons. The SMILES string of the molecule is O=C(O)C1CCCn2c1cnc2Cc1ccc(Cl)cc1. The molecule has 1 N–H and O–H groups in total. The molecule has 0 aliphatic carbocycles. The van der Waals surface area contributed by atoms with Crippen molar-refractivity contribution in [3.05, 3.63) is 52.6 Å². The number of carboxylic acid groups (broad SMARTS) is 1. The Labute approximate surface area is 122 Å². The van der Waals surface area contributed by atoms with Crippen LogP contribution in [-0.4, -0.2) is 20.6 Å². The highest BCUT2D eigenvalue weighted by Gasteiger charge is 2.28. The number of rotatable bonds is 3. The van der Waals surface area contributed by atoms with Crippen LogP contribution < -0.4 is 0 Å². The predicted octanol–water partition coefficient (Wildman–Crippen LogP) is 3.09. The van der Waals surface area contributed by atoms with Gasteiger partial charge in [-0.15, -0.1) is 0 Å². The smallest absolute Gasteiger partial charge is 0.312 e. The van der Waals surface area contributed by atoms with Crippen molar-refractivity contribution in [1.82, 2.24) is 9.55 Å². The van der Waals surface area contributed by atoms with Crippen LogP contribution in [0.3, 0.4) is 0 Å². The molecular formula is C15H15ClN2O2. The van der Waals surface area contributed by atoms with Crippen LogP contribution in [0.5, 0.6) is 0 Å². The zero-order valence-electron chi connectivity index (χ0n) is 10.9. The van der Waals surface area contributed by atoms with E-state index in [0.717, 1.165) is 30.0 Å². The van der Waals surface area contributed by atoms with Crippen molar-refractivity contribution < 1.29 is 9.90 Å². The summed E-state index contributed by atoms with van der Waals surface area (Å²) < 4.78 is 2.05. The molecule has 1 unspecified atom stereocenters. The first kappa shape index (κ1) is 13.2. The number of hydrogen-bond donors (Lipinski definition) is 1. The highest BCUT2D eigenvalue weighted by molar-refractivity contribution is 6.30. The van der Waals surface area contributed by atoms with Crippen LogP contribution in [0.15, 0.2) is 30.5 Å². The quantitative estimate of drug-likeness (QED) is 0.945. The van der Waals surface area contributed by atoms with E-state index in [2.05, 4.69) is 9.55 Å². The normalized spacial score (nSPS) is 17.8. The molecule has 1 aliphatic heterocycles. The van der Waals surface area contributed by atoms with Crippen molar-refractivity contribution in [1.29, 1.82) is 0 Å². The molecule has 3 rings (SSSR count). The predicted molar refractivity (Wildman–Crippen MR) is 76.1 cm³/mol. The van der Waals surface area contributed by atoms with Gasteiger partial charge in [0.05, 0.1) is 11.6 Å². The lowest BCUT2D eigenvalue weighted by molar-refractivity contribution is -0.139. The lowest BCUT2D eigenvalue weighted by atomic mass is 9.96. The molecule has 0 amide bonds. The van der Waals surface area contributed by atoms with Gasteiger partial charge < -0.3 is 9.67 Å². The van der Waals surface area contributed by atoms with Gasteiger partial charge in [-0.1, -0.05) is 23.7 Å². The van der Waals surface area contributed by atoms with Crippen molar-refractivity contribution in [2.24, 2.45) is 0 Å². The maximum absolute atomic E-state index is 11.3. The van der Waals surface area contributed by atoms with Crippen LogP contribution in [0.4, 0.5) is 0 Å². The van der Waals surface area contributed by atoms with Gasteiger partial charge in [-0.2, -0.15) is 0 Å². The third kappa shape index (κ3) is 2.43. The number of aliphatic carboxylic acids is 1. The largest absolute Gasteiger partial charge is 0.481 e. The summed E-state index contributed by atoms with van der Waals surface area (Å²) in [5.74, 6) is -0.257. The van der Waals surface area contributed by atoms with E-state index in [1.54, 1.807) is 6.20 Å². The van der Waals surface area contributed by atoms with E-state index in [0.29, 0.717) is 17.9 Å². The summed E-state index contributed by atoms with van der Waals surface area (Å²) in [7, 11) is 0. The van der Waals surface area contributed by atoms with Crippen LogP contribution in [0, 0.1) is 0 Å². The van der Waals surface area contributed by atoms with Crippen molar-refractivity contribution in [2.75, 3.05) is 0 Å². The lowest BCUT2D eigenvalue weighted by Gasteiger charge is -2.22. The summed E-state index contributed by atoms with van der Waals surface area (Å²) in [4.78, 5) is 15.7. The molecule has 1 aliphatic rings. The minimum atomic E-state index is -0.760. The fraction of sp³-hybridized carbons (Fsp3) is 0.333. The molecule has 0 saturated heterocycles. The highest BCUT2D eigenvalue weighted by atomic mass is 35.5. The van der Waals surface area contributed by atoms with Crippen LogP contribution in [-0.2, 0) is 17.8 Å². The van der Waals surface area contributed by atoms with Gasteiger partial charge in [0, 0.05) is 24.2 Å². The molecular weight excluding hydrogens is 276 g/mol. The Morgan fingerprint density at radius 2 is 2.15 bits per heavy atom. The van der Waals surface area contributed by atoms with E-state index in [1.165, 1.54) is 0 Å². The summed E-state index contributed by atoms with van der Waals surface area (Å²) in [5.41, 5.74) is 1.95. The van der Waals surface area contributed by atoms with Gasteiger partial charge >= 0.3 is 5.97 Å². The Hall–Kier alpha value is -1.81. The van der Waals surface area contributed by atoms with Gasteiger partial charge in [0.2, 0.25) is 0 Å². The van der Waals surface area contributed by atoms with Crippen molar-refractivity contribution >= 4 is 17.6 Å². The number of aromatic nitrogens is 2. The number of carboxylic acids is 1. The van der Waals surface area contributed by atoms with Gasteiger partial charge in [0.25, 0.3) is 0 Å². The number of imidazole rings is 1. The van der Waals surface area contributed by atoms with Crippen LogP contribution in [0.1, 0.15) is 35.8 Å². The molecule has 2 aromatic rings. The van der Waals surface area contributed by atoms with Crippen LogP contribution in [0.25, 0.3) is 0 Å². The number of nitrogens with zero attached hydrogens (tertiary/aromatic N) is 2. The summed E-state index contributed by atoms with van der Waals surface area (Å²) in [5, 5.41) is 9.97. The van der Waals surface area contributed by atoms with Gasteiger partial charge in [0.1, 0.15) is 5.82 Å². The first-order valence-electron chi connectivity index (χ1n) is 6.66. The van der Waals surface area contributed by atoms with Crippen molar-refractivity contribution in [3.63, 3.8) is 0 Å². The van der Waals surface area contributed by atoms with Crippen molar-refractivity contribution in [2.45, 2.75) is 31.7 Å². The molecule has 0 spiro atoms. The number of hydrogen-bond acceptors (Lipinski definition) is 2. The second kappa shape index (κ2) is 5.29. The molecule has 1 atom stereocenters. The molecule has 5 heteroatoms. The van der Waals surface area contributed by atoms with Crippen LogP contribution in [0.2, 0.25) is 5.02 Å². The lowest BCUT2D eigenvalue weighted by Crippen LogP contribution is -2.22. The molecule has 0 bridgehead atoms. The van der Waals surface area contributed by atoms with E-state index in [4.69, 9.17) is 11.6 Å². The first-order valence-corrected chi connectivity index (χ1v) is 7.04. The third-order valence-electron chi connectivity index (χ3n) is 3.77. The Bertz CT molecular complexity index is 634. The Balaban J connectivity index is 1.89. The van der Waals surface area contributed by atoms with Crippen molar-refractivity contribution in [3.8, 4) is 0 Å². The highest BCUT2D eigenvalue weighted by Crippen LogP contribution is 2.29. The van der Waals surface area contributed by atoms with E-state index >= 15 is 0 Å². The second-order valence-electron chi connectivity index (χ2n) is 5.09. The number of carbonyl (C=O) groups is 1. The zero-order chi connectivity index (χ0) is 14.1. The summed E-state index contributed by atoms with van der Waals surface area (Å²) in [6.45, 7) is 0.849. The Kier molecular flexibility index (Phi) is 3.49. The second-order valence-corrected chi connectivity index (χ2v) is 5.52. The average molecular weight is 291 g/mol. The molecule has 0 fully saturated rings. The fourth-order valence-corrected chi connectivity index (χ4v) is 2.87. The molecule has 2 heterocycles. The van der Waals surface area contributed by atoms with E-state index in [1.807, 2.05) is 24.3 Å². The first-order chi connectivity index (χ1) is 9.65. The fourth-order valence-electron chi connectivity index (χ4n) is 2.74. The minimum absolute atomic E-state index is 0.421. The van der Waals surface area contributed by atoms with Gasteiger partial charge in [0.15, 0.2) is 0 Å². The minimum Gasteiger partial charge on any atom is -0.481 e. The maximum Gasteiger partial charge on any atom is 0.312 e. The Morgan fingerprint density at radius 3 is 2.85 bits per heavy atom. The molecule has 0 saturated carbocycles.